The van der Waals surface area contributed by atoms with Crippen molar-refractivity contribution in [2.75, 3.05) is 33.0 Å². The lowest BCUT2D eigenvalue weighted by atomic mass is 10.7. The molecule has 0 atom stereocenters. The minimum absolute atomic E-state index is 0.121. The van der Waals surface area contributed by atoms with E-state index in [4.69, 9.17) is 55.8 Å². The molecule has 0 saturated carbocycles. The van der Waals surface area contributed by atoms with Crippen molar-refractivity contribution in [1.29, 1.82) is 0 Å². The van der Waals surface area contributed by atoms with E-state index in [1.54, 1.807) is 0 Å². The molecule has 0 radical (unpaired) electrons. The number of hydrogen-bond donors (Lipinski definition) is 2. The highest BCUT2D eigenvalue weighted by atomic mass is 32.5. The monoisotopic (exact) mass is 460 g/mol. The molecule has 0 saturated heterocycles. The Morgan fingerprint density at radius 3 is 1.32 bits per heavy atom. The number of rotatable bonds is 13. The van der Waals surface area contributed by atoms with Gasteiger partial charge in [-0.15, -0.1) is 6.58 Å². The Morgan fingerprint density at radius 1 is 0.840 bits per heavy atom. The summed E-state index contributed by atoms with van der Waals surface area (Å²) in [5.74, 6) is 0. The molecule has 0 rings (SSSR count). The summed E-state index contributed by atoms with van der Waals surface area (Å²) >= 11 is 10.4. The minimum Gasteiger partial charge on any atom is -0.309 e. The van der Waals surface area contributed by atoms with Crippen molar-refractivity contribution in [1.82, 2.24) is 0 Å². The van der Waals surface area contributed by atoms with Crippen molar-refractivity contribution < 1.29 is 41.3 Å². The van der Waals surface area contributed by atoms with Gasteiger partial charge in [-0.1, -0.05) is 6.08 Å². The van der Waals surface area contributed by atoms with Gasteiger partial charge in [0.05, 0.1) is 33.0 Å². The third-order valence-electron chi connectivity index (χ3n) is 1.71. The maximum Gasteiger partial charge on any atom is 0.469 e. The average Bonchev–Trinajstić information content (AvgIpc) is 2.45. The van der Waals surface area contributed by atoms with Crippen molar-refractivity contribution in [3.63, 3.8) is 0 Å². The van der Waals surface area contributed by atoms with Gasteiger partial charge in [0.15, 0.2) is 0 Å². The molecule has 25 heavy (non-hydrogen) atoms. The maximum absolute atomic E-state index is 9.81. The van der Waals surface area contributed by atoms with Crippen LogP contribution in [0.1, 0.15) is 27.7 Å². The lowest BCUT2D eigenvalue weighted by Crippen LogP contribution is -2.03. The summed E-state index contributed by atoms with van der Waals surface area (Å²) in [7, 11) is -4.25. The Kier molecular flexibility index (Phi) is 16.8. The summed E-state index contributed by atoms with van der Waals surface area (Å²) in [5.41, 5.74) is 0. The molecule has 9 nitrogen and oxygen atoms in total. The Bertz CT molecular complexity index is 449. The first kappa shape index (κ1) is 28.2. The van der Waals surface area contributed by atoms with Crippen LogP contribution in [0.2, 0.25) is 0 Å². The van der Waals surface area contributed by atoms with Gasteiger partial charge in [0.2, 0.25) is 0 Å². The maximum atomic E-state index is 9.81. The second kappa shape index (κ2) is 14.9. The highest BCUT2D eigenvalue weighted by molar-refractivity contribution is 8.14. The molecule has 0 fully saturated rings. The van der Waals surface area contributed by atoms with Gasteiger partial charge >= 0.3 is 21.3 Å². The van der Waals surface area contributed by atoms with Crippen molar-refractivity contribution in [3.8, 4) is 0 Å². The van der Waals surface area contributed by atoms with E-state index in [0.717, 1.165) is 0 Å². The van der Waals surface area contributed by atoms with Crippen LogP contribution in [0.25, 0.3) is 0 Å². The molecule has 2 N–H and O–H groups in total. The highest BCUT2D eigenvalue weighted by Crippen LogP contribution is 2.66. The summed E-state index contributed by atoms with van der Waals surface area (Å²) < 4.78 is 40.7. The normalized spacial score (nSPS) is 12.4. The lowest BCUT2D eigenvalue weighted by Gasteiger charge is -2.27. The molecule has 0 spiro atoms. The largest absolute Gasteiger partial charge is 0.469 e. The number of phosphoric acid groups is 1. The molecule has 0 aliphatic rings. The van der Waals surface area contributed by atoms with Gasteiger partial charge in [0.25, 0.3) is 0 Å². The Labute approximate surface area is 159 Å². The molecule has 0 aromatic rings. The van der Waals surface area contributed by atoms with Crippen LogP contribution in [0, 0.1) is 0 Å². The zero-order valence-corrected chi connectivity index (χ0v) is 19.0. The van der Waals surface area contributed by atoms with Crippen LogP contribution in [0.5, 0.6) is 0 Å². The first-order valence-electron chi connectivity index (χ1n) is 7.31. The second-order valence-corrected chi connectivity index (χ2v) is 11.1. The van der Waals surface area contributed by atoms with E-state index in [1.807, 2.05) is 27.7 Å². The van der Waals surface area contributed by atoms with Crippen molar-refractivity contribution >= 4 is 44.9 Å². The average molecular weight is 460 g/mol. The van der Waals surface area contributed by atoms with Crippen LogP contribution in [-0.2, 0) is 55.1 Å². The molecule has 14 heteroatoms. The molecule has 0 aromatic heterocycles. The molecule has 0 aliphatic heterocycles. The molecular weight excluding hydrogens is 433 g/mol. The van der Waals surface area contributed by atoms with Gasteiger partial charge in [-0.2, -0.15) is 0 Å². The van der Waals surface area contributed by atoms with E-state index < -0.39 is 21.3 Å². The van der Waals surface area contributed by atoms with Gasteiger partial charge in [-0.25, -0.2) is 8.88 Å². The van der Waals surface area contributed by atoms with Crippen LogP contribution in [-0.4, -0.2) is 42.8 Å². The molecule has 0 amide bonds. The van der Waals surface area contributed by atoms with Gasteiger partial charge in [-0.3, -0.25) is 4.52 Å². The van der Waals surface area contributed by atoms with Crippen LogP contribution in [0.4, 0.5) is 0 Å². The molecule has 0 bridgehead atoms. The van der Waals surface area contributed by atoms with Crippen LogP contribution in [0.15, 0.2) is 12.7 Å². The Hall–Kier alpha value is 0.950. The Balaban J connectivity index is 0. The van der Waals surface area contributed by atoms with Crippen molar-refractivity contribution in [2.24, 2.45) is 0 Å². The number of phosphoric ester groups is 1. The van der Waals surface area contributed by atoms with E-state index in [0.29, 0.717) is 26.4 Å². The third kappa shape index (κ3) is 16.8. The first-order chi connectivity index (χ1) is 11.5. The summed E-state index contributed by atoms with van der Waals surface area (Å²) in [5, 5.41) is 0. The fraction of sp³-hybridized carbons (Fsp3) is 0.818. The van der Waals surface area contributed by atoms with Gasteiger partial charge in [0, 0.05) is 0 Å². The van der Waals surface area contributed by atoms with Crippen LogP contribution < -0.4 is 0 Å². The van der Waals surface area contributed by atoms with Gasteiger partial charge in [0.1, 0.15) is 0 Å². The van der Waals surface area contributed by atoms with Gasteiger partial charge in [-0.05, 0) is 51.3 Å². The zero-order chi connectivity index (χ0) is 20.0. The summed E-state index contributed by atoms with van der Waals surface area (Å²) in [6, 6.07) is 0. The quantitative estimate of drug-likeness (QED) is 0.308. The minimum atomic E-state index is -4.25. The third-order valence-corrected chi connectivity index (χ3v) is 8.56. The van der Waals surface area contributed by atoms with E-state index in [2.05, 4.69) is 11.1 Å². The lowest BCUT2D eigenvalue weighted by molar-refractivity contribution is 0.176. The predicted octanol–water partition coefficient (Wildman–Crippen LogP) is 3.88. The van der Waals surface area contributed by atoms with Gasteiger partial charge < -0.3 is 27.9 Å². The summed E-state index contributed by atoms with van der Waals surface area (Å²) in [6.07, 6.45) is 1.26. The summed E-state index contributed by atoms with van der Waals surface area (Å²) in [6.45, 7) is 6.16. The highest BCUT2D eigenvalue weighted by Gasteiger charge is 2.31. The molecule has 0 heterocycles. The standard InChI is InChI=1S/C8H20O5P2S2.C3H7O4P/c1-5-9-14(16,10-6-2)13-15(17,11-7-3)12-8-4;1-2-3-7-8(4,5)6/h5-8H2,1-4H3;2H,1,3H2,(H2,4,5,6). The van der Waals surface area contributed by atoms with E-state index in [1.165, 1.54) is 6.08 Å². The van der Waals surface area contributed by atoms with Crippen molar-refractivity contribution in [3.05, 3.63) is 12.7 Å². The predicted molar refractivity (Wildman–Crippen MR) is 104 cm³/mol. The molecular formula is C11H27O9P3S2. The fourth-order valence-corrected chi connectivity index (χ4v) is 7.75. The number of hydrogen-bond acceptors (Lipinski definition) is 9. The Morgan fingerprint density at radius 2 is 1.16 bits per heavy atom. The SMILES string of the molecule is C=CCOP(=O)(O)O.CCOP(=S)(OCC)OP(=S)(OCC)OCC. The molecule has 0 aromatic carbocycles. The van der Waals surface area contributed by atoms with E-state index in [-0.39, 0.29) is 6.61 Å². The smallest absolute Gasteiger partial charge is 0.309 e. The molecule has 0 unspecified atom stereocenters. The second-order valence-electron chi connectivity index (χ2n) is 3.72. The zero-order valence-electron chi connectivity index (χ0n) is 14.7. The van der Waals surface area contributed by atoms with E-state index in [9.17, 15) is 4.57 Å². The topological polar surface area (TPSA) is 113 Å². The van der Waals surface area contributed by atoms with E-state index >= 15 is 0 Å². The van der Waals surface area contributed by atoms with Crippen LogP contribution in [0.3, 0.4) is 0 Å². The van der Waals surface area contributed by atoms with Crippen LogP contribution >= 0.6 is 21.3 Å². The summed E-state index contributed by atoms with van der Waals surface area (Å²) in [4.78, 5) is 16.0. The molecule has 152 valence electrons. The van der Waals surface area contributed by atoms with Crippen molar-refractivity contribution in [2.45, 2.75) is 27.7 Å². The first-order valence-corrected chi connectivity index (χ1v) is 14.0. The molecule has 0 aliphatic carbocycles. The fourth-order valence-electron chi connectivity index (χ4n) is 1.07.